The second-order valence-corrected chi connectivity index (χ2v) is 6.43. The molecule has 96 valence electrons. The zero-order valence-electron chi connectivity index (χ0n) is 12.0. The Morgan fingerprint density at radius 3 is 2.38 bits per heavy atom. The first-order chi connectivity index (χ1) is 7.36. The van der Waals surface area contributed by atoms with Gasteiger partial charge in [-0.15, -0.1) is 0 Å². The predicted molar refractivity (Wildman–Crippen MR) is 71.7 cm³/mol. The van der Waals surface area contributed by atoms with Gasteiger partial charge in [-0.2, -0.15) is 0 Å². The van der Waals surface area contributed by atoms with Crippen LogP contribution in [0, 0.1) is 11.3 Å². The lowest BCUT2D eigenvalue weighted by atomic mass is 9.80. The average molecular weight is 226 g/mol. The van der Waals surface area contributed by atoms with Gasteiger partial charge >= 0.3 is 0 Å². The van der Waals surface area contributed by atoms with Crippen molar-refractivity contribution in [3.63, 3.8) is 0 Å². The number of likely N-dealkylation sites (N-methyl/N-ethyl adjacent to an activating group) is 1. The van der Waals surface area contributed by atoms with Crippen LogP contribution in [0.4, 0.5) is 0 Å². The fourth-order valence-corrected chi connectivity index (χ4v) is 2.67. The summed E-state index contributed by atoms with van der Waals surface area (Å²) in [4.78, 5) is 2.66. The van der Waals surface area contributed by atoms with Crippen LogP contribution in [0.3, 0.4) is 0 Å². The molecule has 0 saturated carbocycles. The maximum atomic E-state index is 3.53. The van der Waals surface area contributed by atoms with Crippen molar-refractivity contribution in [2.75, 3.05) is 19.6 Å². The first kappa shape index (κ1) is 14.0. The molecule has 1 rings (SSSR count). The molecule has 1 aliphatic rings. The quantitative estimate of drug-likeness (QED) is 0.793. The Kier molecular flexibility index (Phi) is 4.81. The van der Waals surface area contributed by atoms with E-state index in [-0.39, 0.29) is 0 Å². The lowest BCUT2D eigenvalue weighted by molar-refractivity contribution is 0.179. The minimum atomic E-state index is 0.468. The Balaban J connectivity index is 2.46. The van der Waals surface area contributed by atoms with Crippen LogP contribution in [-0.2, 0) is 0 Å². The maximum absolute atomic E-state index is 3.53. The third-order valence-corrected chi connectivity index (χ3v) is 4.27. The smallest absolute Gasteiger partial charge is 0.0218 e. The first-order valence-electron chi connectivity index (χ1n) is 6.83. The highest BCUT2D eigenvalue weighted by molar-refractivity contribution is 4.88. The standard InChI is InChI=1S/C14H30N2/c1-7-15-11(2)12(3)16-9-8-13(10-16)14(4,5)6/h11-13,15H,7-10H2,1-6H3. The molecular weight excluding hydrogens is 196 g/mol. The number of nitrogens with zero attached hydrogens (tertiary/aromatic N) is 1. The van der Waals surface area contributed by atoms with Crippen LogP contribution in [0.15, 0.2) is 0 Å². The van der Waals surface area contributed by atoms with Gasteiger partial charge in [0.05, 0.1) is 0 Å². The number of likely N-dealkylation sites (tertiary alicyclic amines) is 1. The molecule has 0 bridgehead atoms. The zero-order valence-corrected chi connectivity index (χ0v) is 12.0. The SMILES string of the molecule is CCNC(C)C(C)N1CCC(C(C)(C)C)C1. The summed E-state index contributed by atoms with van der Waals surface area (Å²) in [6.07, 6.45) is 1.37. The Morgan fingerprint density at radius 2 is 1.94 bits per heavy atom. The minimum Gasteiger partial charge on any atom is -0.313 e. The molecule has 2 heteroatoms. The summed E-state index contributed by atoms with van der Waals surface area (Å²) in [5.41, 5.74) is 0.468. The van der Waals surface area contributed by atoms with E-state index in [1.54, 1.807) is 0 Å². The van der Waals surface area contributed by atoms with Gasteiger partial charge in [-0.25, -0.2) is 0 Å². The molecule has 0 spiro atoms. The maximum Gasteiger partial charge on any atom is 0.0218 e. The molecule has 3 atom stereocenters. The Hall–Kier alpha value is -0.0800. The topological polar surface area (TPSA) is 15.3 Å². The van der Waals surface area contributed by atoms with Gasteiger partial charge in [-0.1, -0.05) is 27.7 Å². The molecule has 0 amide bonds. The van der Waals surface area contributed by atoms with Crippen molar-refractivity contribution in [1.29, 1.82) is 0 Å². The third-order valence-electron chi connectivity index (χ3n) is 4.27. The van der Waals surface area contributed by atoms with Gasteiger partial charge in [-0.05, 0) is 44.7 Å². The molecule has 0 aliphatic carbocycles. The highest BCUT2D eigenvalue weighted by atomic mass is 15.2. The predicted octanol–water partition coefficient (Wildman–Crippen LogP) is 2.74. The van der Waals surface area contributed by atoms with E-state index in [4.69, 9.17) is 0 Å². The van der Waals surface area contributed by atoms with Gasteiger partial charge in [0.15, 0.2) is 0 Å². The second-order valence-electron chi connectivity index (χ2n) is 6.43. The van der Waals surface area contributed by atoms with Gasteiger partial charge in [0, 0.05) is 18.6 Å². The van der Waals surface area contributed by atoms with Crippen molar-refractivity contribution in [3.05, 3.63) is 0 Å². The Morgan fingerprint density at radius 1 is 1.31 bits per heavy atom. The fourth-order valence-electron chi connectivity index (χ4n) is 2.67. The molecule has 16 heavy (non-hydrogen) atoms. The van der Waals surface area contributed by atoms with Crippen molar-refractivity contribution in [2.24, 2.45) is 11.3 Å². The van der Waals surface area contributed by atoms with Crippen LogP contribution >= 0.6 is 0 Å². The van der Waals surface area contributed by atoms with Gasteiger partial charge in [-0.3, -0.25) is 4.90 Å². The Labute approximate surface area is 102 Å². The minimum absolute atomic E-state index is 0.468. The van der Waals surface area contributed by atoms with Crippen LogP contribution in [0.2, 0.25) is 0 Å². The number of hydrogen-bond acceptors (Lipinski definition) is 2. The van der Waals surface area contributed by atoms with Crippen molar-refractivity contribution in [2.45, 2.75) is 60.0 Å². The Bertz CT molecular complexity index is 207. The van der Waals surface area contributed by atoms with Crippen LogP contribution < -0.4 is 5.32 Å². The second kappa shape index (κ2) is 5.50. The molecule has 0 radical (unpaired) electrons. The molecule has 3 unspecified atom stereocenters. The summed E-state index contributed by atoms with van der Waals surface area (Å²) in [5, 5.41) is 3.53. The van der Waals surface area contributed by atoms with Crippen molar-refractivity contribution in [3.8, 4) is 0 Å². The summed E-state index contributed by atoms with van der Waals surface area (Å²) in [6, 6.07) is 1.26. The average Bonchev–Trinajstić information content (AvgIpc) is 2.65. The lowest BCUT2D eigenvalue weighted by Crippen LogP contribution is -2.46. The zero-order chi connectivity index (χ0) is 12.3. The van der Waals surface area contributed by atoms with Gasteiger partial charge < -0.3 is 5.32 Å². The largest absolute Gasteiger partial charge is 0.313 e. The summed E-state index contributed by atoms with van der Waals surface area (Å²) in [5.74, 6) is 0.865. The van der Waals surface area contributed by atoms with Gasteiger partial charge in [0.25, 0.3) is 0 Å². The van der Waals surface area contributed by atoms with E-state index in [9.17, 15) is 0 Å². The van der Waals surface area contributed by atoms with Crippen LogP contribution in [0.1, 0.15) is 48.0 Å². The molecule has 1 aliphatic heterocycles. The molecule has 2 nitrogen and oxygen atoms in total. The van der Waals surface area contributed by atoms with Crippen LogP contribution in [-0.4, -0.2) is 36.6 Å². The number of nitrogens with one attached hydrogen (secondary N) is 1. The summed E-state index contributed by atoms with van der Waals surface area (Å²) < 4.78 is 0. The van der Waals surface area contributed by atoms with Gasteiger partial charge in [0.2, 0.25) is 0 Å². The first-order valence-corrected chi connectivity index (χ1v) is 6.83. The highest BCUT2D eigenvalue weighted by Crippen LogP contribution is 2.34. The van der Waals surface area contributed by atoms with Crippen LogP contribution in [0.25, 0.3) is 0 Å². The molecule has 0 aromatic heterocycles. The molecule has 1 fully saturated rings. The van der Waals surface area contributed by atoms with Gasteiger partial charge in [0.1, 0.15) is 0 Å². The monoisotopic (exact) mass is 226 g/mol. The molecule has 0 aromatic rings. The van der Waals surface area contributed by atoms with E-state index in [2.05, 4.69) is 51.8 Å². The summed E-state index contributed by atoms with van der Waals surface area (Å²) in [6.45, 7) is 17.6. The van der Waals surface area contributed by atoms with E-state index in [0.717, 1.165) is 12.5 Å². The fraction of sp³-hybridized carbons (Fsp3) is 1.00. The summed E-state index contributed by atoms with van der Waals surface area (Å²) in [7, 11) is 0. The third kappa shape index (κ3) is 3.46. The highest BCUT2D eigenvalue weighted by Gasteiger charge is 2.34. The van der Waals surface area contributed by atoms with Crippen molar-refractivity contribution in [1.82, 2.24) is 10.2 Å². The van der Waals surface area contributed by atoms with Crippen LogP contribution in [0.5, 0.6) is 0 Å². The number of hydrogen-bond donors (Lipinski definition) is 1. The number of rotatable bonds is 4. The molecular formula is C14H30N2. The summed E-state index contributed by atoms with van der Waals surface area (Å²) >= 11 is 0. The van der Waals surface area contributed by atoms with Crippen molar-refractivity contribution < 1.29 is 0 Å². The van der Waals surface area contributed by atoms with E-state index in [0.29, 0.717) is 17.5 Å². The van der Waals surface area contributed by atoms with E-state index < -0.39 is 0 Å². The molecule has 0 aromatic carbocycles. The van der Waals surface area contributed by atoms with Crippen molar-refractivity contribution >= 4 is 0 Å². The van der Waals surface area contributed by atoms with E-state index in [1.165, 1.54) is 19.5 Å². The van der Waals surface area contributed by atoms with E-state index in [1.807, 2.05) is 0 Å². The lowest BCUT2D eigenvalue weighted by Gasteiger charge is -2.32. The molecule has 1 heterocycles. The van der Waals surface area contributed by atoms with E-state index >= 15 is 0 Å². The molecule has 1 N–H and O–H groups in total. The molecule has 1 saturated heterocycles. The normalized spacial score (nSPS) is 27.0.